The third-order valence-corrected chi connectivity index (χ3v) is 6.53. The van der Waals surface area contributed by atoms with Gasteiger partial charge in [-0.15, -0.1) is 0 Å². The Labute approximate surface area is 197 Å². The molecular weight excluding hydrogens is 432 g/mol. The van der Waals surface area contributed by atoms with Gasteiger partial charge in [0.25, 0.3) is 0 Å². The Morgan fingerprint density at radius 1 is 1.26 bits per heavy atom. The average Bonchev–Trinajstić information content (AvgIpc) is 3.51. The predicted molar refractivity (Wildman–Crippen MR) is 128 cm³/mol. The molecule has 9 heteroatoms. The first-order chi connectivity index (χ1) is 16.6. The summed E-state index contributed by atoms with van der Waals surface area (Å²) in [5.41, 5.74) is 6.56. The number of rotatable bonds is 6. The zero-order chi connectivity index (χ0) is 23.7. The Morgan fingerprint density at radius 3 is 2.85 bits per heavy atom. The molecule has 0 saturated carbocycles. The van der Waals surface area contributed by atoms with Crippen LogP contribution in [0.15, 0.2) is 43.1 Å². The van der Waals surface area contributed by atoms with Crippen molar-refractivity contribution in [2.24, 2.45) is 0 Å². The van der Waals surface area contributed by atoms with E-state index in [1.165, 1.54) is 4.90 Å². The number of H-pyrrole nitrogens is 1. The molecule has 34 heavy (non-hydrogen) atoms. The number of aromatic nitrogens is 5. The number of nitrogens with one attached hydrogen (secondary N) is 1. The summed E-state index contributed by atoms with van der Waals surface area (Å²) in [6, 6.07) is 6.28. The number of benzene rings is 1. The highest BCUT2D eigenvalue weighted by atomic mass is 16.5. The smallest absolute Gasteiger partial charge is 0.407 e. The Hall–Kier alpha value is -3.72. The largest absolute Gasteiger partial charge is 0.465 e. The van der Waals surface area contributed by atoms with Crippen LogP contribution in [-0.4, -0.2) is 54.0 Å². The first kappa shape index (κ1) is 22.1. The van der Waals surface area contributed by atoms with Gasteiger partial charge in [-0.1, -0.05) is 6.07 Å². The maximum atomic E-state index is 11.5. The molecule has 0 aliphatic carbocycles. The number of hydrogen-bond acceptors (Lipinski definition) is 5. The summed E-state index contributed by atoms with van der Waals surface area (Å²) in [5.74, 6) is 0. The topological polar surface area (TPSA) is 109 Å². The van der Waals surface area contributed by atoms with Crippen LogP contribution in [-0.2, 0) is 11.3 Å². The second-order valence-corrected chi connectivity index (χ2v) is 8.58. The quantitative estimate of drug-likeness (QED) is 0.419. The van der Waals surface area contributed by atoms with Crippen LogP contribution in [0.5, 0.6) is 0 Å². The number of fused-ring (bicyclic) bond motifs is 1. The lowest BCUT2D eigenvalue weighted by Crippen LogP contribution is -2.28. The Morgan fingerprint density at radius 2 is 2.15 bits per heavy atom. The molecule has 0 bridgehead atoms. The van der Waals surface area contributed by atoms with Crippen molar-refractivity contribution in [1.82, 2.24) is 29.6 Å². The summed E-state index contributed by atoms with van der Waals surface area (Å²) in [6.07, 6.45) is 9.12. The molecule has 1 aliphatic rings. The highest BCUT2D eigenvalue weighted by Gasteiger charge is 2.23. The number of ether oxygens (including phenoxy) is 1. The van der Waals surface area contributed by atoms with Crippen LogP contribution in [0.4, 0.5) is 4.79 Å². The molecule has 3 aromatic heterocycles. The van der Waals surface area contributed by atoms with Gasteiger partial charge in [0.2, 0.25) is 0 Å². The molecule has 4 aromatic rings. The number of hydrogen-bond donors (Lipinski definition) is 2. The summed E-state index contributed by atoms with van der Waals surface area (Å²) in [6.45, 7) is 5.31. The first-order valence-corrected chi connectivity index (χ1v) is 11.6. The van der Waals surface area contributed by atoms with E-state index in [2.05, 4.69) is 33.2 Å². The molecule has 5 rings (SSSR count). The van der Waals surface area contributed by atoms with E-state index in [-0.39, 0.29) is 6.23 Å². The molecular formula is C25H28N6O3. The standard InChI is InChI=1S/C25H28N6O3/c1-3-30(25(32)33)14-18-11-26-12-20(16(18)2)17-7-8-22-19(10-17)24(21-13-27-15-28-21)29-31(22)23-6-4-5-9-34-23/h7-8,10-13,15,23H,3-6,9,14H2,1-2H3,(H,27,28)(H,32,33). The Balaban J connectivity index is 1.60. The molecule has 0 spiro atoms. The van der Waals surface area contributed by atoms with Gasteiger partial charge in [-0.05, 0) is 61.9 Å². The second-order valence-electron chi connectivity index (χ2n) is 8.58. The van der Waals surface area contributed by atoms with Gasteiger partial charge in [0, 0.05) is 36.5 Å². The van der Waals surface area contributed by atoms with Crippen molar-refractivity contribution in [3.8, 4) is 22.5 Å². The number of amides is 1. The zero-order valence-corrected chi connectivity index (χ0v) is 19.4. The lowest BCUT2D eigenvalue weighted by atomic mass is 9.97. The van der Waals surface area contributed by atoms with Crippen LogP contribution in [0.1, 0.15) is 43.5 Å². The molecule has 1 unspecified atom stereocenters. The third-order valence-electron chi connectivity index (χ3n) is 6.53. The maximum Gasteiger partial charge on any atom is 0.407 e. The maximum absolute atomic E-state index is 11.5. The molecule has 1 amide bonds. The molecule has 2 N–H and O–H groups in total. The highest BCUT2D eigenvalue weighted by molar-refractivity contribution is 5.95. The van der Waals surface area contributed by atoms with Crippen LogP contribution in [0.25, 0.3) is 33.4 Å². The molecule has 176 valence electrons. The normalized spacial score (nSPS) is 16.1. The molecule has 4 heterocycles. The van der Waals surface area contributed by atoms with Gasteiger partial charge in [0.15, 0.2) is 6.23 Å². The van der Waals surface area contributed by atoms with Crippen molar-refractivity contribution in [1.29, 1.82) is 0 Å². The minimum absolute atomic E-state index is 0.0819. The van der Waals surface area contributed by atoms with Crippen LogP contribution in [0, 0.1) is 6.92 Å². The Kier molecular flexibility index (Phi) is 6.02. The van der Waals surface area contributed by atoms with Crippen molar-refractivity contribution in [2.75, 3.05) is 13.2 Å². The SMILES string of the molecule is CCN(Cc1cncc(-c2ccc3c(c2)c(-c2cnc[nH]2)nn3C2CCCCO2)c1C)C(=O)O. The summed E-state index contributed by atoms with van der Waals surface area (Å²) in [4.78, 5) is 24.7. The first-order valence-electron chi connectivity index (χ1n) is 11.6. The number of pyridine rings is 1. The molecule has 1 aliphatic heterocycles. The van der Waals surface area contributed by atoms with Crippen LogP contribution in [0.2, 0.25) is 0 Å². The minimum atomic E-state index is -0.935. The van der Waals surface area contributed by atoms with E-state index in [0.717, 1.165) is 70.4 Å². The van der Waals surface area contributed by atoms with E-state index in [1.54, 1.807) is 18.7 Å². The van der Waals surface area contributed by atoms with Gasteiger partial charge >= 0.3 is 6.09 Å². The molecule has 1 aromatic carbocycles. The highest BCUT2D eigenvalue weighted by Crippen LogP contribution is 2.35. The fourth-order valence-corrected chi connectivity index (χ4v) is 4.57. The number of nitrogens with zero attached hydrogens (tertiary/aromatic N) is 5. The number of carboxylic acid groups (broad SMARTS) is 1. The van der Waals surface area contributed by atoms with Gasteiger partial charge in [-0.2, -0.15) is 5.10 Å². The molecule has 9 nitrogen and oxygen atoms in total. The molecule has 1 fully saturated rings. The van der Waals surface area contributed by atoms with Crippen molar-refractivity contribution < 1.29 is 14.6 Å². The van der Waals surface area contributed by atoms with Crippen molar-refractivity contribution in [2.45, 2.75) is 45.9 Å². The average molecular weight is 461 g/mol. The van der Waals surface area contributed by atoms with E-state index in [0.29, 0.717) is 13.1 Å². The number of aromatic amines is 1. The monoisotopic (exact) mass is 460 g/mol. The van der Waals surface area contributed by atoms with Gasteiger partial charge in [-0.25, -0.2) is 14.5 Å². The van der Waals surface area contributed by atoms with Crippen LogP contribution < -0.4 is 0 Å². The van der Waals surface area contributed by atoms with Crippen LogP contribution in [0.3, 0.4) is 0 Å². The van der Waals surface area contributed by atoms with Crippen LogP contribution >= 0.6 is 0 Å². The van der Waals surface area contributed by atoms with E-state index >= 15 is 0 Å². The summed E-state index contributed by atoms with van der Waals surface area (Å²) < 4.78 is 8.02. The lowest BCUT2D eigenvalue weighted by molar-refractivity contribution is -0.0365. The van der Waals surface area contributed by atoms with Gasteiger partial charge in [0.1, 0.15) is 5.69 Å². The minimum Gasteiger partial charge on any atom is -0.465 e. The summed E-state index contributed by atoms with van der Waals surface area (Å²) >= 11 is 0. The van der Waals surface area contributed by atoms with E-state index < -0.39 is 6.09 Å². The zero-order valence-electron chi connectivity index (χ0n) is 19.4. The number of imidazole rings is 1. The summed E-state index contributed by atoms with van der Waals surface area (Å²) in [5, 5.41) is 15.4. The summed E-state index contributed by atoms with van der Waals surface area (Å²) in [7, 11) is 0. The van der Waals surface area contributed by atoms with Crippen molar-refractivity contribution in [3.05, 3.63) is 54.2 Å². The van der Waals surface area contributed by atoms with Gasteiger partial charge in [-0.3, -0.25) is 4.98 Å². The molecule has 1 atom stereocenters. The van der Waals surface area contributed by atoms with E-state index in [4.69, 9.17) is 9.84 Å². The predicted octanol–water partition coefficient (Wildman–Crippen LogP) is 5.00. The second kappa shape index (κ2) is 9.26. The van der Waals surface area contributed by atoms with E-state index in [1.807, 2.05) is 24.7 Å². The number of carbonyl (C=O) groups is 1. The Bertz CT molecular complexity index is 1310. The van der Waals surface area contributed by atoms with Crippen molar-refractivity contribution in [3.63, 3.8) is 0 Å². The van der Waals surface area contributed by atoms with Gasteiger partial charge in [0.05, 0.1) is 30.3 Å². The van der Waals surface area contributed by atoms with Gasteiger partial charge < -0.3 is 19.7 Å². The molecule has 1 saturated heterocycles. The molecule has 0 radical (unpaired) electrons. The lowest BCUT2D eigenvalue weighted by Gasteiger charge is -2.23. The van der Waals surface area contributed by atoms with Crippen molar-refractivity contribution >= 4 is 17.0 Å². The third kappa shape index (κ3) is 4.03. The fraction of sp³-hybridized carbons (Fsp3) is 0.360. The van der Waals surface area contributed by atoms with E-state index in [9.17, 15) is 9.90 Å². The fourth-order valence-electron chi connectivity index (χ4n) is 4.57.